The maximum Gasteiger partial charge on any atom is 0.184 e. The summed E-state index contributed by atoms with van der Waals surface area (Å²) in [5.74, 6) is 0. The Morgan fingerprint density at radius 3 is 3.00 bits per heavy atom. The summed E-state index contributed by atoms with van der Waals surface area (Å²) in [6.07, 6.45) is -0.0154. The molecule has 1 heterocycles. The predicted octanol–water partition coefficient (Wildman–Crippen LogP) is 0.204. The van der Waals surface area contributed by atoms with Gasteiger partial charge in [0.15, 0.2) is 5.38 Å². The summed E-state index contributed by atoms with van der Waals surface area (Å²) >= 11 is 0. The molecule has 0 radical (unpaired) electrons. The third-order valence-corrected chi connectivity index (χ3v) is 0.882. The highest BCUT2D eigenvalue weighted by Gasteiger charge is 1.82. The first-order valence-electron chi connectivity index (χ1n) is 1.80. The Morgan fingerprint density at radius 1 is 2.00 bits per heavy atom. The fourth-order valence-corrected chi connectivity index (χ4v) is 0.468. The number of hydrogen-bond acceptors (Lipinski definition) is 3. The van der Waals surface area contributed by atoms with Gasteiger partial charge in [0.05, 0.1) is 16.8 Å². The molecule has 0 spiro atoms. The monoisotopic (exact) mass is 103 g/mol. The fraction of sp³-hybridized carbons (Fsp3) is 0. The third kappa shape index (κ3) is 0.526. The summed E-state index contributed by atoms with van der Waals surface area (Å²) in [5, 5.41) is 4.34. The van der Waals surface area contributed by atoms with Crippen LogP contribution in [0.1, 0.15) is 1.37 Å². The first-order chi connectivity index (χ1) is 3.29. The molecular weight excluding hydrogens is 100 g/mol. The lowest BCUT2D eigenvalue weighted by Crippen LogP contribution is -1.58. The molecule has 0 N–H and O–H groups in total. The van der Waals surface area contributed by atoms with E-state index in [0.717, 1.165) is 0 Å². The van der Waals surface area contributed by atoms with Crippen molar-refractivity contribution in [1.82, 2.24) is 9.59 Å². The normalized spacial score (nSPS) is 14.2. The maximum atomic E-state index is 10.1. The molecular formula is C2H2N2OS. The standard InChI is InChI=1S/C2H2N2OS/c5-6-2-1-3-4-6/h1-2H/i1D. The number of rotatable bonds is 0. The van der Waals surface area contributed by atoms with Crippen molar-refractivity contribution in [2.24, 2.45) is 0 Å². The van der Waals surface area contributed by atoms with Crippen LogP contribution in [0.2, 0.25) is 0 Å². The molecule has 0 saturated carbocycles. The zero-order chi connectivity index (χ0) is 5.28. The van der Waals surface area contributed by atoms with Gasteiger partial charge in [0, 0.05) is 0 Å². The van der Waals surface area contributed by atoms with Crippen molar-refractivity contribution in [3.63, 3.8) is 0 Å². The van der Waals surface area contributed by atoms with Gasteiger partial charge in [-0.05, 0) is 0 Å². The summed E-state index contributed by atoms with van der Waals surface area (Å²) in [4.78, 5) is 0. The summed E-state index contributed by atoms with van der Waals surface area (Å²) in [5.41, 5.74) is 0. The van der Waals surface area contributed by atoms with E-state index in [4.69, 9.17) is 1.37 Å². The Kier molecular flexibility index (Phi) is 0.583. The third-order valence-electron chi connectivity index (χ3n) is 0.333. The van der Waals surface area contributed by atoms with Gasteiger partial charge in [0.2, 0.25) is 0 Å². The smallest absolute Gasteiger partial charge is 0.184 e. The first kappa shape index (κ1) is 2.65. The molecule has 1 aromatic heterocycles. The molecule has 1 unspecified atom stereocenters. The second-order valence-corrected chi connectivity index (χ2v) is 1.66. The van der Waals surface area contributed by atoms with Gasteiger partial charge in [0.25, 0.3) is 0 Å². The molecule has 0 amide bonds. The van der Waals surface area contributed by atoms with Gasteiger partial charge >= 0.3 is 0 Å². The van der Waals surface area contributed by atoms with Gasteiger partial charge in [-0.25, -0.2) is 0 Å². The molecule has 3 nitrogen and oxygen atoms in total. The van der Waals surface area contributed by atoms with Crippen molar-refractivity contribution in [1.29, 1.82) is 0 Å². The lowest BCUT2D eigenvalue weighted by atomic mass is 11.1. The van der Waals surface area contributed by atoms with E-state index in [1.807, 2.05) is 0 Å². The molecule has 1 rings (SSSR count). The Labute approximate surface area is 39.0 Å². The van der Waals surface area contributed by atoms with Gasteiger partial charge in [-0.2, -0.15) is 0 Å². The van der Waals surface area contributed by atoms with Crippen LogP contribution in [-0.2, 0) is 0 Å². The highest BCUT2D eigenvalue weighted by molar-refractivity contribution is 7.17. The van der Waals surface area contributed by atoms with Crippen LogP contribution in [0.25, 0.3) is 0 Å². The van der Waals surface area contributed by atoms with Crippen molar-refractivity contribution in [3.8, 4) is 0 Å². The summed E-state index contributed by atoms with van der Waals surface area (Å²) in [7, 11) is -1.34. The number of hydrogen-bond donors (Lipinski definition) is 0. The van der Waals surface area contributed by atoms with Gasteiger partial charge in [-0.1, -0.05) is 0 Å². The van der Waals surface area contributed by atoms with Crippen LogP contribution in [0.3, 0.4) is 0 Å². The van der Waals surface area contributed by atoms with Crippen LogP contribution in [0.4, 0.5) is 0 Å². The van der Waals surface area contributed by atoms with E-state index in [2.05, 4.69) is 9.59 Å². The van der Waals surface area contributed by atoms with E-state index in [1.165, 1.54) is 5.38 Å². The number of nitrogens with zero attached hydrogens (tertiary/aromatic N) is 2. The molecule has 0 saturated heterocycles. The molecule has 4 heteroatoms. The summed E-state index contributed by atoms with van der Waals surface area (Å²) < 4.78 is 19.9. The Hall–Kier alpha value is -0.480. The van der Waals surface area contributed by atoms with Crippen molar-refractivity contribution >= 4 is 10.9 Å². The molecule has 1 aromatic rings. The topological polar surface area (TPSA) is 48.8 Å². The lowest BCUT2D eigenvalue weighted by molar-refractivity contribution is 0.589. The SMILES string of the molecule is [2H]c1c[s+]([O-])nn1. The average molecular weight is 103 g/mol. The molecule has 0 bridgehead atoms. The molecule has 1 atom stereocenters. The van der Waals surface area contributed by atoms with E-state index in [-0.39, 0.29) is 6.17 Å². The molecule has 6 heavy (non-hydrogen) atoms. The van der Waals surface area contributed by atoms with Gasteiger partial charge in [-0.3, -0.25) is 0 Å². The van der Waals surface area contributed by atoms with Crippen molar-refractivity contribution in [2.75, 3.05) is 0 Å². The van der Waals surface area contributed by atoms with Crippen LogP contribution in [0.15, 0.2) is 11.6 Å². The molecule has 32 valence electrons. The molecule has 0 aromatic carbocycles. The van der Waals surface area contributed by atoms with Crippen LogP contribution in [0.5, 0.6) is 0 Å². The second-order valence-electron chi connectivity index (χ2n) is 0.705. The minimum absolute atomic E-state index is 0.0154. The van der Waals surface area contributed by atoms with Crippen LogP contribution in [0, 0.1) is 0 Å². The van der Waals surface area contributed by atoms with E-state index in [0.29, 0.717) is 0 Å². The highest BCUT2D eigenvalue weighted by Crippen LogP contribution is 1.97. The second kappa shape index (κ2) is 1.32. The largest absolute Gasteiger partial charge is 0.567 e. The van der Waals surface area contributed by atoms with Crippen LogP contribution < -0.4 is 0 Å². The molecule has 0 fully saturated rings. The zero-order valence-corrected chi connectivity index (χ0v) is 3.60. The van der Waals surface area contributed by atoms with Crippen LogP contribution in [-0.4, -0.2) is 14.1 Å². The van der Waals surface area contributed by atoms with E-state index in [1.54, 1.807) is 0 Å². The van der Waals surface area contributed by atoms with Gasteiger partial charge in [0.1, 0.15) is 6.17 Å². The Bertz CT molecular complexity index is 148. The Morgan fingerprint density at radius 2 is 2.83 bits per heavy atom. The van der Waals surface area contributed by atoms with E-state index in [9.17, 15) is 4.55 Å². The Balaban J connectivity index is 3.04. The minimum atomic E-state index is -1.34. The summed E-state index contributed by atoms with van der Waals surface area (Å²) in [6.45, 7) is 0. The van der Waals surface area contributed by atoms with Crippen molar-refractivity contribution < 1.29 is 5.92 Å². The van der Waals surface area contributed by atoms with E-state index >= 15 is 0 Å². The quantitative estimate of drug-likeness (QED) is 0.441. The van der Waals surface area contributed by atoms with Crippen LogP contribution >= 0.6 is 10.9 Å². The highest BCUT2D eigenvalue weighted by atomic mass is 32.2. The molecule has 0 aliphatic carbocycles. The average Bonchev–Trinajstić information content (AvgIpc) is 1.87. The van der Waals surface area contributed by atoms with E-state index < -0.39 is 10.9 Å². The first-order valence-corrected chi connectivity index (χ1v) is 2.47. The fourth-order valence-electron chi connectivity index (χ4n) is 0.156. The van der Waals surface area contributed by atoms with Crippen molar-refractivity contribution in [2.45, 2.75) is 0 Å². The zero-order valence-electron chi connectivity index (χ0n) is 3.79. The van der Waals surface area contributed by atoms with Gasteiger partial charge in [-0.15, -0.1) is 5.10 Å². The lowest BCUT2D eigenvalue weighted by Gasteiger charge is -1.68. The molecule has 0 aliphatic heterocycles. The predicted molar refractivity (Wildman–Crippen MR) is 20.7 cm³/mol. The molecule has 0 aliphatic rings. The number of aromatic nitrogens is 2. The maximum absolute atomic E-state index is 10.1. The van der Waals surface area contributed by atoms with Gasteiger partial charge < -0.3 is 4.55 Å². The minimum Gasteiger partial charge on any atom is -0.567 e. The summed E-state index contributed by atoms with van der Waals surface area (Å²) in [6, 6.07) is 0. The van der Waals surface area contributed by atoms with Crippen molar-refractivity contribution in [3.05, 3.63) is 11.6 Å².